The van der Waals surface area contributed by atoms with Crippen molar-refractivity contribution in [3.63, 3.8) is 0 Å². The molecule has 29 heavy (non-hydrogen) atoms. The number of hydrogen-bond acceptors (Lipinski definition) is 6. The minimum absolute atomic E-state index is 0.162. The maximum absolute atomic E-state index is 12.4. The molecule has 1 amide bonds. The van der Waals surface area contributed by atoms with E-state index in [0.717, 1.165) is 30.0 Å². The number of nitrogens with zero attached hydrogens (tertiary/aromatic N) is 1. The molecule has 0 bridgehead atoms. The van der Waals surface area contributed by atoms with Crippen molar-refractivity contribution in [2.45, 2.75) is 65.2 Å². The molecule has 0 aliphatic heterocycles. The SMILES string of the molecule is Cc1nc(COc2ccc(C(=O)O[C@@H](C)C(=O)N[C@H]3CCCC[C@@H]3C)cc2)cs1. The third-order valence-corrected chi connectivity index (χ3v) is 6.06. The molecule has 1 fully saturated rings. The van der Waals surface area contributed by atoms with Gasteiger partial charge >= 0.3 is 5.97 Å². The lowest BCUT2D eigenvalue weighted by molar-refractivity contribution is -0.130. The van der Waals surface area contributed by atoms with Crippen LogP contribution < -0.4 is 10.1 Å². The number of aryl methyl sites for hydroxylation is 1. The topological polar surface area (TPSA) is 77.5 Å². The van der Waals surface area contributed by atoms with Crippen LogP contribution in [0.3, 0.4) is 0 Å². The Morgan fingerprint density at radius 2 is 1.97 bits per heavy atom. The second-order valence-electron chi connectivity index (χ2n) is 7.60. The quantitative estimate of drug-likeness (QED) is 0.682. The van der Waals surface area contributed by atoms with Crippen molar-refractivity contribution >= 4 is 23.2 Å². The zero-order chi connectivity index (χ0) is 20.8. The van der Waals surface area contributed by atoms with Gasteiger partial charge in [0.2, 0.25) is 0 Å². The average Bonchev–Trinajstić information content (AvgIpc) is 3.13. The van der Waals surface area contributed by atoms with Crippen LogP contribution in [0, 0.1) is 12.8 Å². The summed E-state index contributed by atoms with van der Waals surface area (Å²) >= 11 is 1.58. The Kier molecular flexibility index (Phi) is 7.25. The highest BCUT2D eigenvalue weighted by atomic mass is 32.1. The van der Waals surface area contributed by atoms with E-state index in [-0.39, 0.29) is 11.9 Å². The normalized spacial score (nSPS) is 20.0. The molecule has 3 rings (SSSR count). The predicted molar refractivity (Wildman–Crippen MR) is 112 cm³/mol. The minimum atomic E-state index is -0.833. The number of carbonyl (C=O) groups excluding carboxylic acids is 2. The number of nitrogens with one attached hydrogen (secondary N) is 1. The van der Waals surface area contributed by atoms with Crippen molar-refractivity contribution < 1.29 is 19.1 Å². The first-order valence-corrected chi connectivity index (χ1v) is 11.0. The van der Waals surface area contributed by atoms with Gasteiger partial charge in [0.1, 0.15) is 12.4 Å². The van der Waals surface area contributed by atoms with Gasteiger partial charge in [-0.15, -0.1) is 11.3 Å². The molecule has 7 heteroatoms. The summed E-state index contributed by atoms with van der Waals surface area (Å²) in [5, 5.41) is 5.98. The van der Waals surface area contributed by atoms with Gasteiger partial charge in [0.05, 0.1) is 16.3 Å². The number of amides is 1. The predicted octanol–water partition coefficient (Wildman–Crippen LogP) is 4.27. The van der Waals surface area contributed by atoms with Crippen LogP contribution in [-0.2, 0) is 16.1 Å². The molecule has 0 saturated heterocycles. The monoisotopic (exact) mass is 416 g/mol. The Bertz CT molecular complexity index is 834. The number of ether oxygens (including phenoxy) is 2. The van der Waals surface area contributed by atoms with Crippen LogP contribution in [0.4, 0.5) is 0 Å². The van der Waals surface area contributed by atoms with E-state index >= 15 is 0 Å². The van der Waals surface area contributed by atoms with Gasteiger partial charge in [-0.05, 0) is 56.9 Å². The fourth-order valence-electron chi connectivity index (χ4n) is 3.43. The molecule has 6 nitrogen and oxygen atoms in total. The molecule has 1 aromatic heterocycles. The van der Waals surface area contributed by atoms with Crippen LogP contribution in [0.15, 0.2) is 29.6 Å². The van der Waals surface area contributed by atoms with Crippen molar-refractivity contribution in [1.82, 2.24) is 10.3 Å². The largest absolute Gasteiger partial charge is 0.487 e. The van der Waals surface area contributed by atoms with Gasteiger partial charge in [-0.3, -0.25) is 4.79 Å². The molecular formula is C22H28N2O4S. The van der Waals surface area contributed by atoms with E-state index in [4.69, 9.17) is 9.47 Å². The van der Waals surface area contributed by atoms with E-state index in [0.29, 0.717) is 23.8 Å². The zero-order valence-corrected chi connectivity index (χ0v) is 18.0. The lowest BCUT2D eigenvalue weighted by Gasteiger charge is -2.30. The average molecular weight is 417 g/mol. The summed E-state index contributed by atoms with van der Waals surface area (Å²) in [7, 11) is 0. The molecule has 1 heterocycles. The van der Waals surface area contributed by atoms with E-state index in [1.165, 1.54) is 6.42 Å². The van der Waals surface area contributed by atoms with Crippen LogP contribution in [0.1, 0.15) is 60.6 Å². The molecule has 0 radical (unpaired) electrons. The third kappa shape index (κ3) is 6.03. The Labute approximate surface area is 175 Å². The van der Waals surface area contributed by atoms with Crippen LogP contribution in [0.5, 0.6) is 5.75 Å². The summed E-state index contributed by atoms with van der Waals surface area (Å²) in [6.45, 7) is 6.09. The maximum atomic E-state index is 12.4. The second-order valence-corrected chi connectivity index (χ2v) is 8.66. The van der Waals surface area contributed by atoms with Crippen molar-refractivity contribution in [1.29, 1.82) is 0 Å². The number of esters is 1. The Hall–Kier alpha value is -2.41. The highest BCUT2D eigenvalue weighted by molar-refractivity contribution is 7.09. The first-order chi connectivity index (χ1) is 13.9. The fourth-order valence-corrected chi connectivity index (χ4v) is 4.03. The lowest BCUT2D eigenvalue weighted by Crippen LogP contribution is -2.45. The Balaban J connectivity index is 1.48. The molecule has 0 spiro atoms. The first kappa shape index (κ1) is 21.3. The van der Waals surface area contributed by atoms with Gasteiger partial charge in [-0.25, -0.2) is 9.78 Å². The standard InChI is InChI=1S/C22H28N2O4S/c1-14-6-4-5-7-20(14)24-21(25)15(2)28-22(26)17-8-10-19(11-9-17)27-12-18-13-29-16(3)23-18/h8-11,13-15,20H,4-7,12H2,1-3H3,(H,24,25)/t14-,15-,20-/m0/s1. The summed E-state index contributed by atoms with van der Waals surface area (Å²) in [5.41, 5.74) is 1.26. The number of hydrogen-bond donors (Lipinski definition) is 1. The fraction of sp³-hybridized carbons (Fsp3) is 0.500. The van der Waals surface area contributed by atoms with E-state index in [1.54, 1.807) is 42.5 Å². The summed E-state index contributed by atoms with van der Waals surface area (Å²) in [6, 6.07) is 6.86. The molecule has 1 aromatic carbocycles. The summed E-state index contributed by atoms with van der Waals surface area (Å²) < 4.78 is 11.0. The van der Waals surface area contributed by atoms with Crippen molar-refractivity contribution in [3.8, 4) is 5.75 Å². The summed E-state index contributed by atoms with van der Waals surface area (Å²) in [4.78, 5) is 29.1. The zero-order valence-electron chi connectivity index (χ0n) is 17.1. The van der Waals surface area contributed by atoms with Crippen molar-refractivity contribution in [2.75, 3.05) is 0 Å². The molecule has 3 atom stereocenters. The van der Waals surface area contributed by atoms with E-state index in [1.807, 2.05) is 12.3 Å². The molecule has 1 aliphatic rings. The van der Waals surface area contributed by atoms with E-state index < -0.39 is 12.1 Å². The molecule has 0 unspecified atom stereocenters. The van der Waals surface area contributed by atoms with Crippen LogP contribution in [-0.4, -0.2) is 29.0 Å². The maximum Gasteiger partial charge on any atom is 0.338 e. The van der Waals surface area contributed by atoms with Gasteiger partial charge in [-0.2, -0.15) is 0 Å². The highest BCUT2D eigenvalue weighted by Gasteiger charge is 2.26. The highest BCUT2D eigenvalue weighted by Crippen LogP contribution is 2.24. The molecule has 1 saturated carbocycles. The molecule has 1 N–H and O–H groups in total. The van der Waals surface area contributed by atoms with Crippen LogP contribution >= 0.6 is 11.3 Å². The molecule has 156 valence electrons. The van der Waals surface area contributed by atoms with Gasteiger partial charge in [-0.1, -0.05) is 19.8 Å². The number of thiazole rings is 1. The van der Waals surface area contributed by atoms with Crippen LogP contribution in [0.25, 0.3) is 0 Å². The van der Waals surface area contributed by atoms with Gasteiger partial charge < -0.3 is 14.8 Å². The Morgan fingerprint density at radius 3 is 2.62 bits per heavy atom. The molecular weight excluding hydrogens is 388 g/mol. The van der Waals surface area contributed by atoms with Crippen molar-refractivity contribution in [2.24, 2.45) is 5.92 Å². The number of carbonyl (C=O) groups is 2. The summed E-state index contributed by atoms with van der Waals surface area (Å²) in [6.07, 6.45) is 3.60. The van der Waals surface area contributed by atoms with Crippen LogP contribution in [0.2, 0.25) is 0 Å². The number of aromatic nitrogens is 1. The van der Waals surface area contributed by atoms with Gasteiger partial charge in [0.15, 0.2) is 6.10 Å². The van der Waals surface area contributed by atoms with E-state index in [9.17, 15) is 9.59 Å². The van der Waals surface area contributed by atoms with Gasteiger partial charge in [0, 0.05) is 11.4 Å². The minimum Gasteiger partial charge on any atom is -0.487 e. The number of benzene rings is 1. The third-order valence-electron chi connectivity index (χ3n) is 5.24. The Morgan fingerprint density at radius 1 is 1.24 bits per heavy atom. The smallest absolute Gasteiger partial charge is 0.338 e. The summed E-state index contributed by atoms with van der Waals surface area (Å²) in [5.74, 6) is 0.335. The first-order valence-electron chi connectivity index (χ1n) is 10.1. The number of rotatable bonds is 7. The second kappa shape index (κ2) is 9.87. The molecule has 2 aromatic rings. The lowest BCUT2D eigenvalue weighted by atomic mass is 9.86. The van der Waals surface area contributed by atoms with E-state index in [2.05, 4.69) is 17.2 Å². The molecule has 1 aliphatic carbocycles. The van der Waals surface area contributed by atoms with Crippen molar-refractivity contribution in [3.05, 3.63) is 45.9 Å². The van der Waals surface area contributed by atoms with Gasteiger partial charge in [0.25, 0.3) is 5.91 Å².